The normalized spacial score (nSPS) is 16.9. The van der Waals surface area contributed by atoms with Gasteiger partial charge in [0.25, 0.3) is 0 Å². The predicted octanol–water partition coefficient (Wildman–Crippen LogP) is 3.68. The SMILES string of the molecule is O=C(Nc1cccnc1)N1CCC[C@@H](c2nc(-c3ccc(F)cc3)no2)C1. The number of rotatable bonds is 3. The second-order valence-corrected chi connectivity index (χ2v) is 6.42. The van der Waals surface area contributed by atoms with Crippen molar-refractivity contribution in [1.82, 2.24) is 20.0 Å². The fourth-order valence-electron chi connectivity index (χ4n) is 3.12. The highest BCUT2D eigenvalue weighted by molar-refractivity contribution is 5.89. The molecule has 1 aliphatic heterocycles. The molecule has 1 aromatic carbocycles. The Labute approximate surface area is 155 Å². The molecule has 1 saturated heterocycles. The lowest BCUT2D eigenvalue weighted by Gasteiger charge is -2.31. The number of carbonyl (C=O) groups excluding carboxylic acids is 1. The first-order valence-electron chi connectivity index (χ1n) is 8.74. The lowest BCUT2D eigenvalue weighted by atomic mass is 9.98. The Kier molecular flexibility index (Phi) is 4.78. The van der Waals surface area contributed by atoms with E-state index in [4.69, 9.17) is 4.52 Å². The van der Waals surface area contributed by atoms with Crippen molar-refractivity contribution >= 4 is 11.7 Å². The lowest BCUT2D eigenvalue weighted by Crippen LogP contribution is -2.41. The molecule has 27 heavy (non-hydrogen) atoms. The molecule has 0 radical (unpaired) electrons. The second-order valence-electron chi connectivity index (χ2n) is 6.42. The van der Waals surface area contributed by atoms with Crippen molar-refractivity contribution in [2.24, 2.45) is 0 Å². The largest absolute Gasteiger partial charge is 0.339 e. The van der Waals surface area contributed by atoms with Crippen molar-refractivity contribution in [2.45, 2.75) is 18.8 Å². The Balaban J connectivity index is 1.44. The van der Waals surface area contributed by atoms with Gasteiger partial charge in [-0.25, -0.2) is 9.18 Å². The van der Waals surface area contributed by atoms with E-state index in [1.807, 2.05) is 0 Å². The summed E-state index contributed by atoms with van der Waals surface area (Å²) in [5.41, 5.74) is 1.34. The number of amides is 2. The van der Waals surface area contributed by atoms with Gasteiger partial charge in [0.05, 0.1) is 17.8 Å². The zero-order chi connectivity index (χ0) is 18.6. The average molecular weight is 367 g/mol. The molecule has 1 N–H and O–H groups in total. The summed E-state index contributed by atoms with van der Waals surface area (Å²) in [6.07, 6.45) is 4.97. The fraction of sp³-hybridized carbons (Fsp3) is 0.263. The molecule has 138 valence electrons. The standard InChI is InChI=1S/C19H18FN5O2/c20-15-7-5-13(6-8-15)17-23-18(27-24-17)14-3-2-10-25(12-14)19(26)22-16-4-1-9-21-11-16/h1,4-9,11,14H,2-3,10,12H2,(H,22,26)/t14-/m1/s1. The van der Waals surface area contributed by atoms with Crippen molar-refractivity contribution in [3.63, 3.8) is 0 Å². The molecule has 0 saturated carbocycles. The van der Waals surface area contributed by atoms with E-state index >= 15 is 0 Å². The summed E-state index contributed by atoms with van der Waals surface area (Å²) >= 11 is 0. The number of benzene rings is 1. The van der Waals surface area contributed by atoms with Crippen LogP contribution < -0.4 is 5.32 Å². The topological polar surface area (TPSA) is 84.2 Å². The van der Waals surface area contributed by atoms with Crippen LogP contribution in [-0.4, -0.2) is 39.1 Å². The number of halogens is 1. The average Bonchev–Trinajstić information content (AvgIpc) is 3.20. The number of piperidine rings is 1. The van der Waals surface area contributed by atoms with Crippen LogP contribution in [-0.2, 0) is 0 Å². The zero-order valence-electron chi connectivity index (χ0n) is 14.5. The second kappa shape index (κ2) is 7.53. The number of aromatic nitrogens is 3. The molecule has 0 bridgehead atoms. The van der Waals surface area contributed by atoms with E-state index in [1.54, 1.807) is 41.6 Å². The third-order valence-electron chi connectivity index (χ3n) is 4.51. The fourth-order valence-corrected chi connectivity index (χ4v) is 3.12. The number of nitrogens with zero attached hydrogens (tertiary/aromatic N) is 4. The van der Waals surface area contributed by atoms with Crippen LogP contribution in [0.5, 0.6) is 0 Å². The highest BCUT2D eigenvalue weighted by atomic mass is 19.1. The van der Waals surface area contributed by atoms with Gasteiger partial charge in [0.2, 0.25) is 11.7 Å². The molecule has 0 spiro atoms. The highest BCUT2D eigenvalue weighted by Crippen LogP contribution is 2.28. The molecule has 8 heteroatoms. The van der Waals surface area contributed by atoms with Gasteiger partial charge in [-0.2, -0.15) is 4.98 Å². The summed E-state index contributed by atoms with van der Waals surface area (Å²) in [5, 5.41) is 6.84. The van der Waals surface area contributed by atoms with E-state index in [9.17, 15) is 9.18 Å². The molecule has 2 amide bonds. The van der Waals surface area contributed by atoms with Crippen LogP contribution >= 0.6 is 0 Å². The molecule has 1 aliphatic rings. The number of anilines is 1. The van der Waals surface area contributed by atoms with Gasteiger partial charge in [0.15, 0.2) is 0 Å². The van der Waals surface area contributed by atoms with Gasteiger partial charge >= 0.3 is 6.03 Å². The van der Waals surface area contributed by atoms with Crippen LogP contribution in [0.4, 0.5) is 14.9 Å². The van der Waals surface area contributed by atoms with Crippen molar-refractivity contribution in [1.29, 1.82) is 0 Å². The predicted molar refractivity (Wildman–Crippen MR) is 96.5 cm³/mol. The third-order valence-corrected chi connectivity index (χ3v) is 4.51. The van der Waals surface area contributed by atoms with Gasteiger partial charge in [0.1, 0.15) is 5.82 Å². The molecule has 3 heterocycles. The van der Waals surface area contributed by atoms with Gasteiger partial charge in [-0.1, -0.05) is 5.16 Å². The lowest BCUT2D eigenvalue weighted by molar-refractivity contribution is 0.184. The Morgan fingerprint density at radius 2 is 2.11 bits per heavy atom. The number of hydrogen-bond acceptors (Lipinski definition) is 5. The molecular weight excluding hydrogens is 349 g/mol. The van der Waals surface area contributed by atoms with Gasteiger partial charge in [-0.15, -0.1) is 0 Å². The number of urea groups is 1. The van der Waals surface area contributed by atoms with E-state index < -0.39 is 0 Å². The Morgan fingerprint density at radius 3 is 2.89 bits per heavy atom. The van der Waals surface area contributed by atoms with Crippen molar-refractivity contribution in [3.8, 4) is 11.4 Å². The van der Waals surface area contributed by atoms with Crippen molar-refractivity contribution in [3.05, 3.63) is 60.5 Å². The maximum atomic E-state index is 13.1. The summed E-state index contributed by atoms with van der Waals surface area (Å²) in [7, 11) is 0. The summed E-state index contributed by atoms with van der Waals surface area (Å²) in [5.74, 6) is 0.570. The number of nitrogens with one attached hydrogen (secondary N) is 1. The first kappa shape index (κ1) is 17.1. The van der Waals surface area contributed by atoms with E-state index in [-0.39, 0.29) is 17.8 Å². The number of likely N-dealkylation sites (tertiary alicyclic amines) is 1. The van der Waals surface area contributed by atoms with E-state index in [0.29, 0.717) is 36.1 Å². The minimum absolute atomic E-state index is 0.0277. The van der Waals surface area contributed by atoms with Crippen LogP contribution in [0.15, 0.2) is 53.3 Å². The number of hydrogen-bond donors (Lipinski definition) is 1. The summed E-state index contributed by atoms with van der Waals surface area (Å²) in [6.45, 7) is 1.17. The minimum Gasteiger partial charge on any atom is -0.339 e. The van der Waals surface area contributed by atoms with E-state index in [2.05, 4.69) is 20.4 Å². The molecule has 7 nitrogen and oxygen atoms in total. The Hall–Kier alpha value is -3.29. The maximum Gasteiger partial charge on any atom is 0.321 e. The van der Waals surface area contributed by atoms with E-state index in [0.717, 1.165) is 12.8 Å². The Bertz CT molecular complexity index is 913. The first-order valence-corrected chi connectivity index (χ1v) is 8.74. The van der Waals surface area contributed by atoms with E-state index in [1.165, 1.54) is 12.1 Å². The van der Waals surface area contributed by atoms with Crippen molar-refractivity contribution < 1.29 is 13.7 Å². The maximum absolute atomic E-state index is 13.1. The quantitative estimate of drug-likeness (QED) is 0.763. The number of carbonyl (C=O) groups is 1. The summed E-state index contributed by atoms with van der Waals surface area (Å²) in [4.78, 5) is 22.7. The van der Waals surface area contributed by atoms with Gasteiger partial charge in [-0.3, -0.25) is 4.98 Å². The zero-order valence-corrected chi connectivity index (χ0v) is 14.5. The summed E-state index contributed by atoms with van der Waals surface area (Å²) in [6, 6.07) is 9.32. The molecule has 1 atom stereocenters. The van der Waals surface area contributed by atoms with Gasteiger partial charge in [0, 0.05) is 24.8 Å². The third kappa shape index (κ3) is 3.94. The van der Waals surface area contributed by atoms with Crippen LogP contribution in [0.25, 0.3) is 11.4 Å². The van der Waals surface area contributed by atoms with Gasteiger partial charge in [-0.05, 0) is 49.2 Å². The Morgan fingerprint density at radius 1 is 1.26 bits per heavy atom. The molecular formula is C19H18FN5O2. The van der Waals surface area contributed by atoms with Crippen LogP contribution in [0, 0.1) is 5.82 Å². The number of pyridine rings is 1. The van der Waals surface area contributed by atoms with Crippen LogP contribution in [0.2, 0.25) is 0 Å². The van der Waals surface area contributed by atoms with Gasteiger partial charge < -0.3 is 14.7 Å². The monoisotopic (exact) mass is 367 g/mol. The molecule has 2 aromatic heterocycles. The molecule has 0 unspecified atom stereocenters. The highest BCUT2D eigenvalue weighted by Gasteiger charge is 2.28. The molecule has 3 aromatic rings. The van der Waals surface area contributed by atoms with Crippen molar-refractivity contribution in [2.75, 3.05) is 18.4 Å². The van der Waals surface area contributed by atoms with Crippen LogP contribution in [0.3, 0.4) is 0 Å². The minimum atomic E-state index is -0.315. The summed E-state index contributed by atoms with van der Waals surface area (Å²) < 4.78 is 18.5. The first-order chi connectivity index (χ1) is 13.2. The molecule has 1 fully saturated rings. The van der Waals surface area contributed by atoms with Crippen LogP contribution in [0.1, 0.15) is 24.7 Å². The molecule has 4 rings (SSSR count). The molecule has 0 aliphatic carbocycles. The smallest absolute Gasteiger partial charge is 0.321 e.